The van der Waals surface area contributed by atoms with Crippen LogP contribution in [0.15, 0.2) is 23.4 Å². The maximum atomic E-state index is 12.8. The van der Waals surface area contributed by atoms with E-state index in [1.807, 2.05) is 42.4 Å². The highest BCUT2D eigenvalue weighted by molar-refractivity contribution is 7.89. The van der Waals surface area contributed by atoms with E-state index in [0.717, 1.165) is 11.5 Å². The van der Waals surface area contributed by atoms with Gasteiger partial charge in [0.05, 0.1) is 5.69 Å². The Bertz CT molecular complexity index is 807. The summed E-state index contributed by atoms with van der Waals surface area (Å²) in [6.45, 7) is 8.37. The second-order valence-corrected chi connectivity index (χ2v) is 7.72. The van der Waals surface area contributed by atoms with Crippen LogP contribution in [0.5, 0.6) is 0 Å². The first-order chi connectivity index (χ1) is 11.4. The van der Waals surface area contributed by atoms with E-state index < -0.39 is 10.0 Å². The van der Waals surface area contributed by atoms with Crippen molar-refractivity contribution in [2.24, 2.45) is 0 Å². The largest absolute Gasteiger partial charge is 0.352 e. The molecule has 130 valence electrons. The summed E-state index contributed by atoms with van der Waals surface area (Å²) in [7, 11) is -3.55. The summed E-state index contributed by atoms with van der Waals surface area (Å²) in [6, 6.07) is 3.82. The lowest BCUT2D eigenvalue weighted by atomic mass is 10.3. The van der Waals surface area contributed by atoms with Crippen molar-refractivity contribution >= 4 is 15.8 Å². The predicted molar refractivity (Wildman–Crippen MR) is 90.4 cm³/mol. The summed E-state index contributed by atoms with van der Waals surface area (Å²) < 4.78 is 28.9. The second-order valence-electron chi connectivity index (χ2n) is 5.84. The standard InChI is InChI=1S/C15H22N6O2S/c1-4-19-11-15(16-13(19)3)24(22,23)21-9-7-20(8-10-21)14-6-5-12(2)17-18-14/h5-6,11H,4,7-10H2,1-3H3. The lowest BCUT2D eigenvalue weighted by Gasteiger charge is -2.33. The minimum Gasteiger partial charge on any atom is -0.352 e. The number of hydrogen-bond donors (Lipinski definition) is 0. The van der Waals surface area contributed by atoms with Crippen LogP contribution in [0.3, 0.4) is 0 Å². The zero-order chi connectivity index (χ0) is 17.3. The van der Waals surface area contributed by atoms with Crippen molar-refractivity contribution in [1.29, 1.82) is 0 Å². The van der Waals surface area contributed by atoms with Gasteiger partial charge in [-0.1, -0.05) is 0 Å². The van der Waals surface area contributed by atoms with Crippen molar-refractivity contribution in [3.8, 4) is 0 Å². The van der Waals surface area contributed by atoms with Gasteiger partial charge in [0.15, 0.2) is 10.8 Å². The molecule has 0 N–H and O–H groups in total. The van der Waals surface area contributed by atoms with E-state index in [0.29, 0.717) is 38.5 Å². The zero-order valence-corrected chi connectivity index (χ0v) is 15.0. The van der Waals surface area contributed by atoms with Gasteiger partial charge in [-0.3, -0.25) is 0 Å². The number of sulfonamides is 1. The molecule has 1 aliphatic heterocycles. The fraction of sp³-hybridized carbons (Fsp3) is 0.533. The molecule has 0 amide bonds. The maximum Gasteiger partial charge on any atom is 0.262 e. The number of rotatable bonds is 4. The second kappa shape index (κ2) is 6.48. The van der Waals surface area contributed by atoms with Crippen LogP contribution in [0.4, 0.5) is 5.82 Å². The molecule has 1 saturated heterocycles. The van der Waals surface area contributed by atoms with Gasteiger partial charge in [-0.15, -0.1) is 5.10 Å². The Kier molecular flexibility index (Phi) is 4.55. The first-order valence-electron chi connectivity index (χ1n) is 8.01. The minimum absolute atomic E-state index is 0.130. The molecule has 1 fully saturated rings. The van der Waals surface area contributed by atoms with E-state index in [9.17, 15) is 8.42 Å². The molecule has 0 saturated carbocycles. The fourth-order valence-corrected chi connectivity index (χ4v) is 4.19. The highest BCUT2D eigenvalue weighted by atomic mass is 32.2. The van der Waals surface area contributed by atoms with Crippen LogP contribution in [-0.4, -0.2) is 58.7 Å². The molecule has 0 atom stereocenters. The molecule has 3 rings (SSSR count). The van der Waals surface area contributed by atoms with Crippen LogP contribution >= 0.6 is 0 Å². The van der Waals surface area contributed by atoms with Gasteiger partial charge in [-0.05, 0) is 32.9 Å². The topological polar surface area (TPSA) is 84.2 Å². The number of aryl methyl sites for hydroxylation is 3. The SMILES string of the molecule is CCn1cc(S(=O)(=O)N2CCN(c3ccc(C)nn3)CC2)nc1C. The lowest BCUT2D eigenvalue weighted by molar-refractivity contribution is 0.382. The quantitative estimate of drug-likeness (QED) is 0.812. The smallest absolute Gasteiger partial charge is 0.262 e. The molecule has 0 radical (unpaired) electrons. The molecule has 1 aliphatic rings. The minimum atomic E-state index is -3.55. The Balaban J connectivity index is 1.72. The summed E-state index contributed by atoms with van der Waals surface area (Å²) >= 11 is 0. The van der Waals surface area contributed by atoms with Gasteiger partial charge in [-0.25, -0.2) is 13.4 Å². The molecule has 2 aromatic rings. The van der Waals surface area contributed by atoms with E-state index in [2.05, 4.69) is 15.2 Å². The van der Waals surface area contributed by atoms with Gasteiger partial charge in [0.1, 0.15) is 5.82 Å². The number of hydrogen-bond acceptors (Lipinski definition) is 6. The van der Waals surface area contributed by atoms with Crippen molar-refractivity contribution in [2.45, 2.75) is 32.3 Å². The van der Waals surface area contributed by atoms with Crippen LogP contribution in [0.25, 0.3) is 0 Å². The summed E-state index contributed by atoms with van der Waals surface area (Å²) in [5.41, 5.74) is 0.863. The van der Waals surface area contributed by atoms with E-state index in [4.69, 9.17) is 0 Å². The van der Waals surface area contributed by atoms with Crippen molar-refractivity contribution in [3.05, 3.63) is 29.8 Å². The molecule has 24 heavy (non-hydrogen) atoms. The average molecular weight is 350 g/mol. The lowest BCUT2D eigenvalue weighted by Crippen LogP contribution is -2.49. The van der Waals surface area contributed by atoms with E-state index >= 15 is 0 Å². The van der Waals surface area contributed by atoms with Crippen molar-refractivity contribution in [2.75, 3.05) is 31.1 Å². The number of piperazine rings is 1. The molecular weight excluding hydrogens is 328 g/mol. The third-order valence-corrected chi connectivity index (χ3v) is 6.02. The Morgan fingerprint density at radius 1 is 1.08 bits per heavy atom. The van der Waals surface area contributed by atoms with Crippen LogP contribution in [-0.2, 0) is 16.6 Å². The van der Waals surface area contributed by atoms with Crippen LogP contribution in [0.2, 0.25) is 0 Å². The molecule has 8 nitrogen and oxygen atoms in total. The van der Waals surface area contributed by atoms with Gasteiger partial charge < -0.3 is 9.47 Å². The normalized spacial score (nSPS) is 16.5. The van der Waals surface area contributed by atoms with Crippen LogP contribution in [0, 0.1) is 13.8 Å². The Labute approximate surface area is 142 Å². The third-order valence-electron chi connectivity index (χ3n) is 4.25. The molecule has 3 heterocycles. The zero-order valence-electron chi connectivity index (χ0n) is 14.2. The van der Waals surface area contributed by atoms with Gasteiger partial charge >= 0.3 is 0 Å². The summed E-state index contributed by atoms with van der Waals surface area (Å²) in [4.78, 5) is 6.26. The monoisotopic (exact) mass is 350 g/mol. The molecular formula is C15H22N6O2S. The van der Waals surface area contributed by atoms with Gasteiger partial charge in [0, 0.05) is 38.9 Å². The van der Waals surface area contributed by atoms with Gasteiger partial charge in [-0.2, -0.15) is 9.40 Å². The van der Waals surface area contributed by atoms with E-state index in [1.165, 1.54) is 4.31 Å². The Hall–Kier alpha value is -2.00. The third kappa shape index (κ3) is 3.13. The van der Waals surface area contributed by atoms with Crippen molar-refractivity contribution < 1.29 is 8.42 Å². The molecule has 0 unspecified atom stereocenters. The van der Waals surface area contributed by atoms with E-state index in [-0.39, 0.29) is 5.03 Å². The van der Waals surface area contributed by atoms with Crippen molar-refractivity contribution in [1.82, 2.24) is 24.1 Å². The average Bonchev–Trinajstić information content (AvgIpc) is 2.97. The Morgan fingerprint density at radius 3 is 2.33 bits per heavy atom. The van der Waals surface area contributed by atoms with Crippen LogP contribution < -0.4 is 4.90 Å². The van der Waals surface area contributed by atoms with Gasteiger partial charge in [0.25, 0.3) is 10.0 Å². The summed E-state index contributed by atoms with van der Waals surface area (Å²) in [5.74, 6) is 1.49. The first-order valence-corrected chi connectivity index (χ1v) is 9.45. The van der Waals surface area contributed by atoms with Crippen molar-refractivity contribution in [3.63, 3.8) is 0 Å². The number of nitrogens with zero attached hydrogens (tertiary/aromatic N) is 6. The number of imidazole rings is 1. The highest BCUT2D eigenvalue weighted by Gasteiger charge is 2.31. The Morgan fingerprint density at radius 2 is 1.79 bits per heavy atom. The molecule has 2 aromatic heterocycles. The molecule has 0 aliphatic carbocycles. The molecule has 0 bridgehead atoms. The molecule has 0 aromatic carbocycles. The molecule has 0 spiro atoms. The first kappa shape index (κ1) is 16.8. The van der Waals surface area contributed by atoms with E-state index in [1.54, 1.807) is 6.20 Å². The van der Waals surface area contributed by atoms with Gasteiger partial charge in [0.2, 0.25) is 0 Å². The number of anilines is 1. The maximum absolute atomic E-state index is 12.8. The van der Waals surface area contributed by atoms with Crippen LogP contribution in [0.1, 0.15) is 18.4 Å². The number of aromatic nitrogens is 4. The molecule has 9 heteroatoms. The summed E-state index contributed by atoms with van der Waals surface area (Å²) in [6.07, 6.45) is 1.61. The summed E-state index contributed by atoms with van der Waals surface area (Å²) in [5, 5.41) is 8.35. The predicted octanol–water partition coefficient (Wildman–Crippen LogP) is 0.821. The highest BCUT2D eigenvalue weighted by Crippen LogP contribution is 2.19. The fourth-order valence-electron chi connectivity index (χ4n) is 2.77.